The summed E-state index contributed by atoms with van der Waals surface area (Å²) in [6.45, 7) is 1.70. The van der Waals surface area contributed by atoms with Crippen molar-refractivity contribution in [1.82, 2.24) is 10.2 Å². The van der Waals surface area contributed by atoms with Crippen LogP contribution in [0.4, 0.5) is 16.2 Å². The molecule has 4 N–H and O–H groups in total. The van der Waals surface area contributed by atoms with E-state index in [9.17, 15) is 14.4 Å². The summed E-state index contributed by atoms with van der Waals surface area (Å²) in [6.07, 6.45) is -1.13. The summed E-state index contributed by atoms with van der Waals surface area (Å²) >= 11 is 0. The summed E-state index contributed by atoms with van der Waals surface area (Å²) in [4.78, 5) is 34.9. The number of hydrogen-bond donors (Lipinski definition) is 4. The quantitative estimate of drug-likeness (QED) is 0.373. The smallest absolute Gasteiger partial charge is 0.404 e. The van der Waals surface area contributed by atoms with Crippen molar-refractivity contribution in [2.45, 2.75) is 0 Å². The van der Waals surface area contributed by atoms with Gasteiger partial charge in [0.1, 0.15) is 11.4 Å². The molecule has 0 aliphatic rings. The van der Waals surface area contributed by atoms with Gasteiger partial charge in [-0.15, -0.1) is 12.4 Å². The Morgan fingerprint density at radius 1 is 1.05 bits per heavy atom. The van der Waals surface area contributed by atoms with Crippen LogP contribution in [0.5, 0.6) is 0 Å². The van der Waals surface area contributed by atoms with Gasteiger partial charge in [-0.1, -0.05) is 0 Å². The summed E-state index contributed by atoms with van der Waals surface area (Å²) in [5.41, 5.74) is -0.590. The molecule has 0 saturated heterocycles. The van der Waals surface area contributed by atoms with E-state index < -0.39 is 17.0 Å². The van der Waals surface area contributed by atoms with E-state index >= 15 is 0 Å². The minimum absolute atomic E-state index is 0. The average Bonchev–Trinajstić information content (AvgIpc) is 2.34. The van der Waals surface area contributed by atoms with E-state index in [4.69, 9.17) is 5.11 Å². The molecule has 1 rings (SSSR count). The third-order valence-electron chi connectivity index (χ3n) is 2.47. The van der Waals surface area contributed by atoms with Gasteiger partial charge in [0.25, 0.3) is 10.9 Å². The van der Waals surface area contributed by atoms with Gasteiger partial charge >= 0.3 is 6.09 Å². The maximum Gasteiger partial charge on any atom is 0.404 e. The summed E-state index contributed by atoms with van der Waals surface area (Å²) in [5, 5.41) is 16.2. The molecule has 0 radical (unpaired) electrons. The average molecular weight is 307 g/mol. The van der Waals surface area contributed by atoms with Gasteiger partial charge in [-0.2, -0.15) is 0 Å². The largest absolute Gasteiger partial charge is 0.465 e. The number of rotatable bonds is 8. The van der Waals surface area contributed by atoms with Crippen molar-refractivity contribution in [3.05, 3.63) is 20.4 Å². The second-order valence-electron chi connectivity index (χ2n) is 4.30. The maximum atomic E-state index is 11.4. The fraction of sp³-hybridized carbons (Fsp3) is 0.545. The lowest BCUT2D eigenvalue weighted by Crippen LogP contribution is -2.39. The molecule has 0 bridgehead atoms. The molecule has 0 fully saturated rings. The van der Waals surface area contributed by atoms with Gasteiger partial charge in [-0.25, -0.2) is 4.79 Å². The minimum Gasteiger partial charge on any atom is -0.465 e. The van der Waals surface area contributed by atoms with Crippen LogP contribution in [-0.4, -0.2) is 56.4 Å². The molecule has 0 aliphatic heterocycles. The molecule has 0 heterocycles. The van der Waals surface area contributed by atoms with E-state index in [1.807, 2.05) is 19.0 Å². The zero-order chi connectivity index (χ0) is 14.4. The Labute approximate surface area is 122 Å². The molecular formula is C11H19ClN4O4. The zero-order valence-electron chi connectivity index (χ0n) is 11.4. The first-order valence-corrected chi connectivity index (χ1v) is 5.86. The summed E-state index contributed by atoms with van der Waals surface area (Å²) < 4.78 is 0. The van der Waals surface area contributed by atoms with Crippen LogP contribution in [0, 0.1) is 0 Å². The van der Waals surface area contributed by atoms with Gasteiger partial charge in [0.2, 0.25) is 0 Å². The maximum absolute atomic E-state index is 11.4. The second kappa shape index (κ2) is 8.39. The highest BCUT2D eigenvalue weighted by atomic mass is 35.5. The number of carboxylic acid groups (broad SMARTS) is 1. The SMILES string of the molecule is CN(C)CCNc1c(NCCNC(=O)O)c(=O)c1=O.Cl. The van der Waals surface area contributed by atoms with Gasteiger partial charge in [-0.05, 0) is 14.1 Å². The van der Waals surface area contributed by atoms with E-state index in [2.05, 4.69) is 16.0 Å². The lowest BCUT2D eigenvalue weighted by molar-refractivity contribution is 0.195. The number of carbonyl (C=O) groups is 1. The molecule has 1 amide bonds. The van der Waals surface area contributed by atoms with Crippen molar-refractivity contribution in [2.24, 2.45) is 0 Å². The predicted octanol–water partition coefficient (Wildman–Crippen LogP) is -0.643. The number of hydrogen-bond acceptors (Lipinski definition) is 6. The third-order valence-corrected chi connectivity index (χ3v) is 2.47. The highest BCUT2D eigenvalue weighted by Crippen LogP contribution is 2.13. The van der Waals surface area contributed by atoms with Crippen molar-refractivity contribution < 1.29 is 9.90 Å². The summed E-state index contributed by atoms with van der Waals surface area (Å²) in [5.74, 6) is 0. The molecule has 0 spiro atoms. The molecule has 0 aromatic heterocycles. The number of nitrogens with zero attached hydrogens (tertiary/aromatic N) is 1. The molecule has 0 atom stereocenters. The van der Waals surface area contributed by atoms with Gasteiger partial charge in [0.05, 0.1) is 0 Å². The molecular weight excluding hydrogens is 288 g/mol. The minimum atomic E-state index is -1.13. The molecule has 0 unspecified atom stereocenters. The number of halogens is 1. The second-order valence-corrected chi connectivity index (χ2v) is 4.30. The van der Waals surface area contributed by atoms with E-state index in [1.54, 1.807) is 0 Å². The monoisotopic (exact) mass is 306 g/mol. The van der Waals surface area contributed by atoms with Crippen LogP contribution in [0.15, 0.2) is 9.59 Å². The summed E-state index contributed by atoms with van der Waals surface area (Å²) in [7, 11) is 3.81. The predicted molar refractivity (Wildman–Crippen MR) is 80.2 cm³/mol. The van der Waals surface area contributed by atoms with E-state index in [0.717, 1.165) is 6.54 Å². The Balaban J connectivity index is 0.00000361. The van der Waals surface area contributed by atoms with Crippen molar-refractivity contribution in [3.8, 4) is 0 Å². The Bertz CT molecular complexity index is 511. The standard InChI is InChI=1S/C11H18N4O4.ClH/c1-15(2)6-5-13-8-7(9(16)10(8)17)12-3-4-14-11(18)19;/h12-14H,3-6H2,1-2H3,(H,18,19);1H. The molecule has 9 heteroatoms. The lowest BCUT2D eigenvalue weighted by Gasteiger charge is -2.16. The third kappa shape index (κ3) is 5.06. The van der Waals surface area contributed by atoms with Crippen LogP contribution in [0.2, 0.25) is 0 Å². The molecule has 0 aliphatic carbocycles. The molecule has 114 valence electrons. The van der Waals surface area contributed by atoms with E-state index in [-0.39, 0.29) is 36.9 Å². The first-order valence-electron chi connectivity index (χ1n) is 5.86. The Morgan fingerprint density at radius 2 is 1.55 bits per heavy atom. The van der Waals surface area contributed by atoms with Gasteiger partial charge in [-0.3, -0.25) is 9.59 Å². The van der Waals surface area contributed by atoms with Crippen molar-refractivity contribution in [2.75, 3.05) is 50.9 Å². The molecule has 8 nitrogen and oxygen atoms in total. The van der Waals surface area contributed by atoms with Gasteiger partial charge in [0.15, 0.2) is 0 Å². The molecule has 1 aromatic rings. The lowest BCUT2D eigenvalue weighted by atomic mass is 10.2. The van der Waals surface area contributed by atoms with Gasteiger partial charge < -0.3 is 26.0 Å². The molecule has 20 heavy (non-hydrogen) atoms. The molecule has 1 aromatic carbocycles. The first kappa shape index (κ1) is 18.2. The number of likely N-dealkylation sites (N-methyl/N-ethyl adjacent to an activating group) is 1. The van der Waals surface area contributed by atoms with E-state index in [0.29, 0.717) is 6.54 Å². The van der Waals surface area contributed by atoms with Crippen LogP contribution in [-0.2, 0) is 0 Å². The van der Waals surface area contributed by atoms with Crippen molar-refractivity contribution >= 4 is 29.9 Å². The normalized spacial score (nSPS) is 10.2. The fourth-order valence-corrected chi connectivity index (χ4v) is 1.49. The van der Waals surface area contributed by atoms with Crippen LogP contribution in [0.25, 0.3) is 0 Å². The number of nitrogens with one attached hydrogen (secondary N) is 3. The summed E-state index contributed by atoms with van der Waals surface area (Å²) in [6, 6.07) is 0. The highest BCUT2D eigenvalue weighted by Gasteiger charge is 2.19. The van der Waals surface area contributed by atoms with Crippen LogP contribution >= 0.6 is 12.4 Å². The Morgan fingerprint density at radius 3 is 2.00 bits per heavy atom. The number of anilines is 2. The fourth-order valence-electron chi connectivity index (χ4n) is 1.49. The zero-order valence-corrected chi connectivity index (χ0v) is 12.2. The van der Waals surface area contributed by atoms with Crippen LogP contribution in [0.1, 0.15) is 0 Å². The number of amides is 1. The Kier molecular flexibility index (Phi) is 7.63. The van der Waals surface area contributed by atoms with Crippen molar-refractivity contribution in [1.29, 1.82) is 0 Å². The van der Waals surface area contributed by atoms with Gasteiger partial charge in [0, 0.05) is 26.2 Å². The highest BCUT2D eigenvalue weighted by molar-refractivity contribution is 5.85. The van der Waals surface area contributed by atoms with Crippen LogP contribution < -0.4 is 26.8 Å². The topological polar surface area (TPSA) is 111 Å². The van der Waals surface area contributed by atoms with E-state index in [1.165, 1.54) is 0 Å². The first-order chi connectivity index (χ1) is 8.93. The van der Waals surface area contributed by atoms with Crippen LogP contribution in [0.3, 0.4) is 0 Å². The van der Waals surface area contributed by atoms with Crippen molar-refractivity contribution in [3.63, 3.8) is 0 Å². The Hall–Kier alpha value is -1.80. The molecule has 0 saturated carbocycles.